The van der Waals surface area contributed by atoms with Crippen LogP contribution in [-0.4, -0.2) is 74.5 Å². The van der Waals surface area contributed by atoms with Crippen molar-refractivity contribution in [3.8, 4) is 5.75 Å². The number of para-hydroxylation sites is 2. The number of amides is 1. The topological polar surface area (TPSA) is 92.2 Å². The van der Waals surface area contributed by atoms with Gasteiger partial charge in [0.25, 0.3) is 5.56 Å². The number of carbonyl (C=O) groups is 1. The number of benzene rings is 1. The van der Waals surface area contributed by atoms with Crippen LogP contribution in [0.15, 0.2) is 52.3 Å². The highest BCUT2D eigenvalue weighted by molar-refractivity contribution is 7.89. The maximum absolute atomic E-state index is 12.9. The number of ether oxygens (including phenoxy) is 1. The van der Waals surface area contributed by atoms with Crippen LogP contribution in [-0.2, 0) is 21.4 Å². The Morgan fingerprint density at radius 3 is 2.31 bits per heavy atom. The van der Waals surface area contributed by atoms with Gasteiger partial charge in [-0.3, -0.25) is 9.59 Å². The fourth-order valence-corrected chi connectivity index (χ4v) is 5.31. The van der Waals surface area contributed by atoms with Gasteiger partial charge in [0, 0.05) is 51.5 Å². The third kappa shape index (κ3) is 4.97. The van der Waals surface area contributed by atoms with Crippen molar-refractivity contribution in [3.05, 3.63) is 52.9 Å². The van der Waals surface area contributed by atoms with E-state index in [-0.39, 0.29) is 17.3 Å². The molecule has 1 aromatic carbocycles. The second-order valence-corrected chi connectivity index (χ2v) is 9.40. The minimum absolute atomic E-state index is 0.00888. The Bertz CT molecular complexity index is 1100. The van der Waals surface area contributed by atoms with E-state index in [2.05, 4.69) is 4.90 Å². The second kappa shape index (κ2) is 10.2. The minimum Gasteiger partial charge on any atom is -0.495 e. The first-order chi connectivity index (χ1) is 15.3. The first-order valence-corrected chi connectivity index (χ1v) is 12.1. The number of sulfonamides is 1. The summed E-state index contributed by atoms with van der Waals surface area (Å²) in [5.41, 5.74) is 0.567. The van der Waals surface area contributed by atoms with Gasteiger partial charge < -0.3 is 19.1 Å². The van der Waals surface area contributed by atoms with Gasteiger partial charge in [-0.05, 0) is 18.2 Å². The van der Waals surface area contributed by atoms with Crippen molar-refractivity contribution in [2.45, 2.75) is 25.3 Å². The van der Waals surface area contributed by atoms with Gasteiger partial charge >= 0.3 is 0 Å². The molecule has 2 aromatic rings. The van der Waals surface area contributed by atoms with Gasteiger partial charge in [-0.25, -0.2) is 8.42 Å². The van der Waals surface area contributed by atoms with E-state index < -0.39 is 15.6 Å². The molecular formula is C22H30N4O5S. The average Bonchev–Trinajstić information content (AvgIpc) is 2.81. The molecule has 1 aliphatic rings. The van der Waals surface area contributed by atoms with E-state index in [0.29, 0.717) is 39.3 Å². The van der Waals surface area contributed by atoms with E-state index in [9.17, 15) is 18.0 Å². The van der Waals surface area contributed by atoms with Crippen LogP contribution in [0.1, 0.15) is 13.8 Å². The van der Waals surface area contributed by atoms with E-state index in [1.54, 1.807) is 25.9 Å². The van der Waals surface area contributed by atoms with E-state index in [4.69, 9.17) is 4.74 Å². The highest BCUT2D eigenvalue weighted by atomic mass is 32.2. The Morgan fingerprint density at radius 1 is 1.03 bits per heavy atom. The predicted octanol–water partition coefficient (Wildman–Crippen LogP) is 1.24. The van der Waals surface area contributed by atoms with Crippen molar-refractivity contribution in [1.82, 2.24) is 13.8 Å². The first kappa shape index (κ1) is 23.8. The molecule has 0 atom stereocenters. The monoisotopic (exact) mass is 462 g/mol. The van der Waals surface area contributed by atoms with Crippen LogP contribution in [0.4, 0.5) is 5.69 Å². The molecular weight excluding hydrogens is 432 g/mol. The summed E-state index contributed by atoms with van der Waals surface area (Å²) in [4.78, 5) is 29.0. The normalized spacial score (nSPS) is 14.6. The van der Waals surface area contributed by atoms with E-state index in [0.717, 1.165) is 11.4 Å². The molecule has 0 unspecified atom stereocenters. The van der Waals surface area contributed by atoms with Gasteiger partial charge in [-0.2, -0.15) is 4.31 Å². The van der Waals surface area contributed by atoms with E-state index in [1.165, 1.54) is 27.2 Å². The predicted molar refractivity (Wildman–Crippen MR) is 123 cm³/mol. The van der Waals surface area contributed by atoms with Gasteiger partial charge in [0.05, 0.1) is 17.7 Å². The number of aromatic nitrogens is 1. The Morgan fingerprint density at radius 2 is 1.69 bits per heavy atom. The molecule has 9 nitrogen and oxygen atoms in total. The van der Waals surface area contributed by atoms with E-state index >= 15 is 0 Å². The Labute approximate surface area is 188 Å². The zero-order chi connectivity index (χ0) is 23.3. The maximum Gasteiger partial charge on any atom is 0.251 e. The van der Waals surface area contributed by atoms with Crippen LogP contribution in [0.25, 0.3) is 0 Å². The molecule has 10 heteroatoms. The smallest absolute Gasteiger partial charge is 0.251 e. The van der Waals surface area contributed by atoms with Crippen molar-refractivity contribution in [3.63, 3.8) is 0 Å². The molecule has 0 bridgehead atoms. The number of piperazine rings is 1. The number of anilines is 1. The highest BCUT2D eigenvalue weighted by Gasteiger charge is 2.25. The summed E-state index contributed by atoms with van der Waals surface area (Å²) in [6.45, 7) is 6.24. The molecule has 1 amide bonds. The quantitative estimate of drug-likeness (QED) is 0.586. The zero-order valence-corrected chi connectivity index (χ0v) is 19.5. The number of nitrogens with zero attached hydrogens (tertiary/aromatic N) is 4. The molecule has 0 aliphatic carbocycles. The lowest BCUT2D eigenvalue weighted by molar-refractivity contribution is -0.132. The van der Waals surface area contributed by atoms with Gasteiger partial charge in [0.2, 0.25) is 15.9 Å². The third-order valence-electron chi connectivity index (χ3n) is 5.66. The second-order valence-electron chi connectivity index (χ2n) is 7.46. The first-order valence-electron chi connectivity index (χ1n) is 10.7. The maximum atomic E-state index is 12.9. The summed E-state index contributed by atoms with van der Waals surface area (Å²) < 4.78 is 33.4. The SMILES string of the molecule is CCN(CC)S(=O)(=O)c1ccc(=O)n(CC(=O)N2CCN(c3ccccc3OC)CC2)c1. The molecule has 2 heterocycles. The standard InChI is InChI=1S/C22H30N4O5S/c1-4-26(5-2)32(29,30)18-10-11-21(27)25(16-18)17-22(28)24-14-12-23(13-15-24)19-8-6-7-9-20(19)31-3/h6-11,16H,4-5,12-15,17H2,1-3H3. The zero-order valence-electron chi connectivity index (χ0n) is 18.7. The lowest BCUT2D eigenvalue weighted by Crippen LogP contribution is -2.50. The Balaban J connectivity index is 1.70. The van der Waals surface area contributed by atoms with Crippen LogP contribution in [0.5, 0.6) is 5.75 Å². The molecule has 0 radical (unpaired) electrons. The number of rotatable bonds is 8. The van der Waals surface area contributed by atoms with E-state index in [1.807, 2.05) is 24.3 Å². The van der Waals surface area contributed by atoms with Gasteiger partial charge in [0.1, 0.15) is 12.3 Å². The van der Waals surface area contributed by atoms with Crippen LogP contribution in [0, 0.1) is 0 Å². The van der Waals surface area contributed by atoms with Crippen molar-refractivity contribution in [2.24, 2.45) is 0 Å². The van der Waals surface area contributed by atoms with Gasteiger partial charge in [-0.1, -0.05) is 26.0 Å². The van der Waals surface area contributed by atoms with Gasteiger partial charge in [0.15, 0.2) is 0 Å². The third-order valence-corrected chi connectivity index (χ3v) is 7.70. The average molecular weight is 463 g/mol. The summed E-state index contributed by atoms with van der Waals surface area (Å²) in [6, 6.07) is 10.2. The van der Waals surface area contributed by atoms with Crippen LogP contribution >= 0.6 is 0 Å². The summed E-state index contributed by atoms with van der Waals surface area (Å²) in [7, 11) is -2.09. The molecule has 1 aromatic heterocycles. The molecule has 1 saturated heterocycles. The number of methoxy groups -OCH3 is 1. The lowest BCUT2D eigenvalue weighted by Gasteiger charge is -2.36. The summed E-state index contributed by atoms with van der Waals surface area (Å²) in [5, 5.41) is 0. The molecule has 3 rings (SSSR count). The fourth-order valence-electron chi connectivity index (χ4n) is 3.83. The minimum atomic E-state index is -3.72. The van der Waals surface area contributed by atoms with Crippen molar-refractivity contribution in [2.75, 3.05) is 51.3 Å². The number of carbonyl (C=O) groups excluding carboxylic acids is 1. The molecule has 0 saturated carbocycles. The van der Waals surface area contributed by atoms with Crippen LogP contribution in [0.3, 0.4) is 0 Å². The molecule has 32 heavy (non-hydrogen) atoms. The summed E-state index contributed by atoms with van der Waals surface area (Å²) in [5.74, 6) is 0.564. The van der Waals surface area contributed by atoms with Crippen molar-refractivity contribution >= 4 is 21.6 Å². The Kier molecular flexibility index (Phi) is 7.57. The molecule has 174 valence electrons. The van der Waals surface area contributed by atoms with Crippen molar-refractivity contribution in [1.29, 1.82) is 0 Å². The lowest BCUT2D eigenvalue weighted by atomic mass is 10.2. The number of hydrogen-bond donors (Lipinski definition) is 0. The molecule has 1 fully saturated rings. The fraction of sp³-hybridized carbons (Fsp3) is 0.455. The summed E-state index contributed by atoms with van der Waals surface area (Å²) >= 11 is 0. The Hall–Kier alpha value is -2.85. The van der Waals surface area contributed by atoms with Crippen LogP contribution < -0.4 is 15.2 Å². The number of pyridine rings is 1. The largest absolute Gasteiger partial charge is 0.495 e. The molecule has 1 aliphatic heterocycles. The highest BCUT2D eigenvalue weighted by Crippen LogP contribution is 2.28. The summed E-state index contributed by atoms with van der Waals surface area (Å²) in [6.07, 6.45) is 1.26. The van der Waals surface area contributed by atoms with Gasteiger partial charge in [-0.15, -0.1) is 0 Å². The molecule has 0 spiro atoms. The van der Waals surface area contributed by atoms with Crippen LogP contribution in [0.2, 0.25) is 0 Å². The number of hydrogen-bond acceptors (Lipinski definition) is 6. The molecule has 0 N–H and O–H groups in total. The van der Waals surface area contributed by atoms with Crippen molar-refractivity contribution < 1.29 is 17.9 Å².